The van der Waals surface area contributed by atoms with Crippen LogP contribution in [0.1, 0.15) is 49.3 Å². The minimum Gasteiger partial charge on any atom is -0.481 e. The Morgan fingerprint density at radius 3 is 2.24 bits per heavy atom. The van der Waals surface area contributed by atoms with Gasteiger partial charge in [0.05, 0.1) is 16.7 Å². The van der Waals surface area contributed by atoms with Crippen LogP contribution in [0.2, 0.25) is 0 Å². The van der Waals surface area contributed by atoms with Crippen LogP contribution in [0.15, 0.2) is 81.7 Å². The fourth-order valence-electron chi connectivity index (χ4n) is 7.14. The number of rotatable bonds is 17. The second-order valence-electron chi connectivity index (χ2n) is 13.5. The fraction of sp³-hybridized carbons (Fsp3) is 0.385. The molecule has 3 aliphatic rings. The average molecular weight is 784 g/mol. The van der Waals surface area contributed by atoms with Gasteiger partial charge in [0.15, 0.2) is 13.1 Å². The third-order valence-corrected chi connectivity index (χ3v) is 11.5. The van der Waals surface area contributed by atoms with Crippen LogP contribution in [0.4, 0.5) is 5.69 Å². The lowest BCUT2D eigenvalue weighted by atomic mass is 9.76. The van der Waals surface area contributed by atoms with E-state index in [1.807, 2.05) is 73.4 Å². The van der Waals surface area contributed by atoms with Crippen molar-refractivity contribution in [2.24, 2.45) is 0 Å². The molecule has 1 unspecified atom stereocenters. The molecule has 54 heavy (non-hydrogen) atoms. The summed E-state index contributed by atoms with van der Waals surface area (Å²) in [5.74, 6) is -0.305. The number of ether oxygens (including phenoxy) is 2. The first kappa shape index (κ1) is 40.8. The smallest absolute Gasteiger partial charge is 0.303 e. The minimum absolute atomic E-state index is 0.0299. The Morgan fingerprint density at radius 1 is 0.944 bits per heavy atom. The summed E-state index contributed by atoms with van der Waals surface area (Å²) in [4.78, 5) is 13.3. The predicted molar refractivity (Wildman–Crippen MR) is 206 cm³/mol. The monoisotopic (exact) mass is 783 g/mol. The second kappa shape index (κ2) is 17.0. The number of methoxy groups -OCH3 is 2. The molecule has 0 bridgehead atoms. The Kier molecular flexibility index (Phi) is 12.8. The lowest BCUT2D eigenvalue weighted by Crippen LogP contribution is -2.35. The van der Waals surface area contributed by atoms with Crippen molar-refractivity contribution >= 4 is 38.0 Å². The molecule has 0 radical (unpaired) electrons. The highest BCUT2D eigenvalue weighted by Gasteiger charge is 2.44. The van der Waals surface area contributed by atoms with E-state index >= 15 is 0 Å². The third-order valence-electron chi connectivity index (χ3n) is 9.88. The van der Waals surface area contributed by atoms with Crippen LogP contribution < -0.4 is 14.8 Å². The zero-order valence-electron chi connectivity index (χ0n) is 30.8. The molecule has 2 aliphatic heterocycles. The number of anilines is 1. The molecule has 0 spiro atoms. The lowest BCUT2D eigenvalue weighted by Gasteiger charge is -2.31. The van der Waals surface area contributed by atoms with E-state index in [0.29, 0.717) is 54.8 Å². The normalized spacial score (nSPS) is 16.6. The van der Waals surface area contributed by atoms with Gasteiger partial charge in [-0.15, -0.1) is 0 Å². The number of nitrogens with zero attached hydrogens (tertiary/aromatic N) is 2. The van der Waals surface area contributed by atoms with Gasteiger partial charge in [-0.2, -0.15) is 16.8 Å². The molecule has 1 aliphatic carbocycles. The van der Waals surface area contributed by atoms with Gasteiger partial charge >= 0.3 is 5.97 Å². The van der Waals surface area contributed by atoms with Gasteiger partial charge in [-0.3, -0.25) is 13.9 Å². The van der Waals surface area contributed by atoms with Gasteiger partial charge in [0.2, 0.25) is 5.36 Å². The summed E-state index contributed by atoms with van der Waals surface area (Å²) in [6.07, 6.45) is 2.38. The Morgan fingerprint density at radius 2 is 1.63 bits per heavy atom. The van der Waals surface area contributed by atoms with Gasteiger partial charge in [-0.25, -0.2) is 4.58 Å². The van der Waals surface area contributed by atoms with Gasteiger partial charge in [0.1, 0.15) is 24.7 Å². The molecule has 1 atom stereocenters. The number of hydrogen-bond acceptors (Lipinski definition) is 9. The summed E-state index contributed by atoms with van der Waals surface area (Å²) in [5.41, 5.74) is 3.93. The van der Waals surface area contributed by atoms with Crippen LogP contribution >= 0.6 is 0 Å². The van der Waals surface area contributed by atoms with E-state index in [9.17, 15) is 35.8 Å². The topological polar surface area (TPSA) is 184 Å². The van der Waals surface area contributed by atoms with Gasteiger partial charge < -0.3 is 23.9 Å². The fourth-order valence-corrected chi connectivity index (χ4v) is 8.14. The molecule has 2 heterocycles. The highest BCUT2D eigenvalue weighted by Crippen LogP contribution is 2.53. The van der Waals surface area contributed by atoms with Crippen LogP contribution in [0, 0.1) is 6.92 Å². The third kappa shape index (κ3) is 9.28. The maximum absolute atomic E-state index is 12.4. The van der Waals surface area contributed by atoms with Crippen LogP contribution in [0.3, 0.4) is 0 Å². The van der Waals surface area contributed by atoms with E-state index in [-0.39, 0.29) is 37.1 Å². The first-order chi connectivity index (χ1) is 25.6. The van der Waals surface area contributed by atoms with Crippen molar-refractivity contribution in [1.82, 2.24) is 4.58 Å². The highest BCUT2D eigenvalue weighted by atomic mass is 32.2. The van der Waals surface area contributed by atoms with Crippen molar-refractivity contribution in [1.29, 1.82) is 0 Å². The number of benzene rings is 3. The first-order valence-corrected chi connectivity index (χ1v) is 20.6. The molecule has 13 nitrogen and oxygen atoms in total. The molecular formula is C39H47N2O11S2+. The van der Waals surface area contributed by atoms with E-state index in [1.54, 1.807) is 20.3 Å². The minimum atomic E-state index is -4.61. The Hall–Kier alpha value is -4.38. The van der Waals surface area contributed by atoms with Gasteiger partial charge in [-0.05, 0) is 74.6 Å². The predicted octanol–water partition coefficient (Wildman–Crippen LogP) is 5.32. The van der Waals surface area contributed by atoms with Crippen molar-refractivity contribution < 1.29 is 49.7 Å². The second-order valence-corrected chi connectivity index (χ2v) is 16.5. The lowest BCUT2D eigenvalue weighted by molar-refractivity contribution is -0.137. The molecule has 5 rings (SSSR count). The van der Waals surface area contributed by atoms with Crippen LogP contribution in [-0.2, 0) is 39.9 Å². The summed E-state index contributed by atoms with van der Waals surface area (Å²) in [7, 11) is -5.62. The maximum atomic E-state index is 12.4. The number of hydrogen-bond donors (Lipinski definition) is 3. The van der Waals surface area contributed by atoms with Crippen molar-refractivity contribution in [3.8, 4) is 22.6 Å². The Balaban J connectivity index is 1.83. The van der Waals surface area contributed by atoms with Gasteiger partial charge in [0, 0.05) is 66.7 Å². The van der Waals surface area contributed by atoms with Gasteiger partial charge in [-0.1, -0.05) is 30.3 Å². The molecule has 0 fully saturated rings. The average Bonchev–Trinajstić information content (AvgIpc) is 3.34. The van der Waals surface area contributed by atoms with Crippen LogP contribution in [-0.4, -0.2) is 89.8 Å². The van der Waals surface area contributed by atoms with E-state index in [2.05, 4.69) is 4.58 Å². The summed E-state index contributed by atoms with van der Waals surface area (Å²) in [6.45, 7) is 6.16. The molecule has 2 aromatic carbocycles. The Labute approximate surface area is 316 Å². The summed E-state index contributed by atoms with van der Waals surface area (Å²) < 4.78 is 87.5. The molecule has 15 heteroatoms. The van der Waals surface area contributed by atoms with Crippen LogP contribution in [0.5, 0.6) is 0 Å². The molecule has 0 saturated heterocycles. The largest absolute Gasteiger partial charge is 0.481 e. The molecule has 0 aromatic heterocycles. The zero-order valence-corrected chi connectivity index (χ0v) is 32.5. The summed E-state index contributed by atoms with van der Waals surface area (Å²) >= 11 is 0. The highest BCUT2D eigenvalue weighted by molar-refractivity contribution is 7.86. The van der Waals surface area contributed by atoms with E-state index in [1.165, 1.54) is 12.1 Å². The van der Waals surface area contributed by atoms with Crippen molar-refractivity contribution in [3.63, 3.8) is 0 Å². The number of carboxylic acids is 1. The van der Waals surface area contributed by atoms with Gasteiger partial charge in [0.25, 0.3) is 20.2 Å². The van der Waals surface area contributed by atoms with Crippen molar-refractivity contribution in [3.05, 3.63) is 94.5 Å². The number of fused-ring (bicyclic) bond motifs is 2. The number of allylic oxidation sites excluding steroid dienone is 1. The molecule has 0 amide bonds. The number of carbonyl (C=O) groups is 1. The zero-order chi connectivity index (χ0) is 39.3. The summed E-state index contributed by atoms with van der Waals surface area (Å²) in [6, 6.07) is 19.8. The van der Waals surface area contributed by atoms with E-state index < -0.39 is 37.4 Å². The number of aliphatic carboxylic acids is 1. The van der Waals surface area contributed by atoms with Crippen molar-refractivity contribution in [2.75, 3.05) is 57.7 Å². The quantitative estimate of drug-likeness (QED) is 0.0927. The van der Waals surface area contributed by atoms with Crippen molar-refractivity contribution in [2.45, 2.75) is 49.8 Å². The first-order valence-electron chi connectivity index (χ1n) is 17.5. The Bertz CT molecular complexity index is 2270. The van der Waals surface area contributed by atoms with E-state index in [0.717, 1.165) is 27.6 Å². The summed E-state index contributed by atoms with van der Waals surface area (Å²) in [5, 5.41) is 10.5. The molecule has 0 saturated carbocycles. The molecular weight excluding hydrogens is 737 g/mol. The maximum Gasteiger partial charge on any atom is 0.303 e. The molecule has 3 N–H and O–H groups in total. The molecule has 290 valence electrons. The SMILES string of the molecule is COCC[N+](CCOC)=c1ccc2c(/C=C3\N(CCCS(=O)(=O)O)c4ccc(S(=O)(=O)O)cc4C3(C)CCCC(=O)O)c(C)c(-c3ccccc3)oc-2c1. The number of carboxylic acid groups (broad SMARTS) is 1. The standard InChI is InChI=1S/C39H46N2O11S2/c1-27-32(31-15-13-29(40(19-21-50-3)20-22-51-4)24-35(31)52-38(27)28-10-6-5-7-11-28)26-36-39(2,17-8-12-37(42)43)33-25-30(54(47,48)49)14-16-34(33)41(36)18-9-23-53(44,45)46/h5-7,10-11,13-16,24-26H,8-9,12,17-23H2,1-4H3,(H2-,42,43,44,45,46,47,48,49)/p+1. The van der Waals surface area contributed by atoms with Crippen LogP contribution in [0.25, 0.3) is 28.7 Å². The molecule has 2 aromatic rings. The van der Waals surface area contributed by atoms with E-state index in [4.69, 9.17) is 13.9 Å².